The highest BCUT2D eigenvalue weighted by Crippen LogP contribution is 2.32. The maximum Gasteiger partial charge on any atom is 0.407 e. The molecule has 0 radical (unpaired) electrons. The number of nitrogens with zero attached hydrogens (tertiary/aromatic N) is 4. The first-order valence-corrected chi connectivity index (χ1v) is 21.1. The second-order valence-corrected chi connectivity index (χ2v) is 16.6. The second-order valence-electron chi connectivity index (χ2n) is 16.6. The quantitative estimate of drug-likeness (QED) is 0.0709. The highest BCUT2D eigenvalue weighted by atomic mass is 16.5. The third-order valence-corrected chi connectivity index (χ3v) is 11.6. The molecule has 1 aromatic heterocycles. The maximum absolute atomic E-state index is 14.9. The summed E-state index contributed by atoms with van der Waals surface area (Å²) < 4.78 is 6.75. The van der Waals surface area contributed by atoms with E-state index in [0.717, 1.165) is 48.4 Å². The summed E-state index contributed by atoms with van der Waals surface area (Å²) in [5, 5.41) is 29.2. The Bertz CT molecular complexity index is 2180. The molecule has 1 saturated heterocycles. The molecule has 0 spiro atoms. The van der Waals surface area contributed by atoms with E-state index in [9.17, 15) is 33.9 Å². The van der Waals surface area contributed by atoms with Crippen molar-refractivity contribution in [3.63, 3.8) is 0 Å². The first kappa shape index (κ1) is 44.4. The van der Waals surface area contributed by atoms with Crippen LogP contribution in [-0.2, 0) is 36.1 Å². The molecule has 2 heterocycles. The van der Waals surface area contributed by atoms with Crippen molar-refractivity contribution in [2.45, 2.75) is 114 Å². The zero-order chi connectivity index (χ0) is 43.5. The van der Waals surface area contributed by atoms with Gasteiger partial charge in [-0.05, 0) is 73.9 Å². The van der Waals surface area contributed by atoms with Gasteiger partial charge in [0, 0.05) is 25.1 Å². The summed E-state index contributed by atoms with van der Waals surface area (Å²) in [7, 11) is 0. The van der Waals surface area contributed by atoms with Crippen molar-refractivity contribution in [3.05, 3.63) is 95.8 Å². The molecular weight excluding hydrogens is 781 g/mol. The van der Waals surface area contributed by atoms with Crippen LogP contribution >= 0.6 is 0 Å². The molecule has 3 aromatic carbocycles. The summed E-state index contributed by atoms with van der Waals surface area (Å²) >= 11 is 0. The molecule has 4 aromatic rings. The number of aromatic nitrogens is 3. The van der Waals surface area contributed by atoms with Gasteiger partial charge in [0.1, 0.15) is 30.0 Å². The fourth-order valence-electron chi connectivity index (χ4n) is 8.13. The number of amides is 5. The van der Waals surface area contributed by atoms with E-state index in [4.69, 9.17) is 10.5 Å². The van der Waals surface area contributed by atoms with Crippen LogP contribution in [0.1, 0.15) is 106 Å². The van der Waals surface area contributed by atoms with Gasteiger partial charge >= 0.3 is 6.09 Å². The smallest absolute Gasteiger partial charge is 0.407 e. The molecule has 4 atom stereocenters. The Balaban J connectivity index is 1.18. The van der Waals surface area contributed by atoms with E-state index in [-0.39, 0.29) is 38.5 Å². The van der Waals surface area contributed by atoms with E-state index in [1.807, 2.05) is 60.7 Å². The van der Waals surface area contributed by atoms with Crippen LogP contribution in [0, 0.1) is 5.92 Å². The Hall–Kier alpha value is -6.16. The number of ketones is 1. The van der Waals surface area contributed by atoms with Gasteiger partial charge in [0.2, 0.25) is 17.6 Å². The highest BCUT2D eigenvalue weighted by molar-refractivity contribution is 6.37. The van der Waals surface area contributed by atoms with Crippen molar-refractivity contribution in [2.24, 2.45) is 11.7 Å². The maximum atomic E-state index is 14.9. The van der Waals surface area contributed by atoms with Crippen molar-refractivity contribution >= 4 is 46.3 Å². The molecule has 1 aliphatic heterocycles. The molecule has 2 aliphatic rings. The number of unbranched alkanes of at least 4 members (excludes halogenated alkanes) is 1. The summed E-state index contributed by atoms with van der Waals surface area (Å²) in [6, 6.07) is 18.3. The number of hydrogen-bond donors (Lipinski definition) is 5. The summed E-state index contributed by atoms with van der Waals surface area (Å²) in [5.41, 5.74) is 5.64. The Labute approximate surface area is 354 Å². The van der Waals surface area contributed by atoms with Crippen molar-refractivity contribution in [1.82, 2.24) is 35.8 Å². The van der Waals surface area contributed by atoms with Crippen molar-refractivity contribution < 1.29 is 38.6 Å². The molecule has 61 heavy (non-hydrogen) atoms. The minimum absolute atomic E-state index is 0.0130. The summed E-state index contributed by atoms with van der Waals surface area (Å²) in [5.74, 6) is -3.62. The molecule has 1 unspecified atom stereocenters. The predicted molar refractivity (Wildman–Crippen MR) is 225 cm³/mol. The first-order chi connectivity index (χ1) is 29.3. The third-order valence-electron chi connectivity index (χ3n) is 11.6. The Morgan fingerprint density at radius 3 is 2.33 bits per heavy atom. The van der Waals surface area contributed by atoms with Gasteiger partial charge in [-0.1, -0.05) is 98.0 Å². The summed E-state index contributed by atoms with van der Waals surface area (Å²) in [6.07, 6.45) is 7.08. The SMILES string of the molecule is CC(C)(O)c1cn([C@H]2C[C@@H](C(=O)NC(CCCCNC(=O)OCc3ccccc3)C(=O)C(N)=O)N(C(=O)[C@@H](CC3CCCCC3)NC(=O)c3ccc4ccccc4c3)C2)nn1. The van der Waals surface area contributed by atoms with Gasteiger partial charge in [-0.2, -0.15) is 0 Å². The molecule has 1 aliphatic carbocycles. The lowest BCUT2D eigenvalue weighted by Crippen LogP contribution is -2.56. The number of likely N-dealkylation sites (tertiary alicyclic amines) is 1. The number of carbonyl (C=O) groups excluding carboxylic acids is 6. The number of ether oxygens (including phenoxy) is 1. The largest absolute Gasteiger partial charge is 0.445 e. The number of fused-ring (bicyclic) bond motifs is 1. The van der Waals surface area contributed by atoms with Crippen LogP contribution in [0.25, 0.3) is 10.8 Å². The Morgan fingerprint density at radius 2 is 1.62 bits per heavy atom. The average molecular weight is 837 g/mol. The number of aliphatic hydroxyl groups is 1. The summed E-state index contributed by atoms with van der Waals surface area (Å²) in [6.45, 7) is 3.47. The lowest BCUT2D eigenvalue weighted by Gasteiger charge is -2.32. The number of Topliss-reactive ketones (excluding diaryl/α,β-unsaturated/α-hetero) is 1. The molecule has 16 nitrogen and oxygen atoms in total. The molecule has 5 amide bonds. The third kappa shape index (κ3) is 12.0. The average Bonchev–Trinajstić information content (AvgIpc) is 3.94. The zero-order valence-electron chi connectivity index (χ0n) is 34.8. The minimum Gasteiger partial charge on any atom is -0.445 e. The number of benzene rings is 3. The van der Waals surface area contributed by atoms with Crippen LogP contribution in [0.4, 0.5) is 4.79 Å². The van der Waals surface area contributed by atoms with E-state index < -0.39 is 65.3 Å². The van der Waals surface area contributed by atoms with Crippen LogP contribution in [0.5, 0.6) is 0 Å². The number of nitrogens with one attached hydrogen (secondary N) is 3. The predicted octanol–water partition coefficient (Wildman–Crippen LogP) is 4.21. The van der Waals surface area contributed by atoms with Gasteiger partial charge in [0.05, 0.1) is 18.3 Å². The second kappa shape index (κ2) is 20.4. The van der Waals surface area contributed by atoms with E-state index in [0.29, 0.717) is 30.5 Å². The first-order valence-electron chi connectivity index (χ1n) is 21.1. The van der Waals surface area contributed by atoms with Gasteiger partial charge < -0.3 is 36.4 Å². The normalized spacial score (nSPS) is 17.9. The standard InChI is InChI=1S/C45H56N8O8/c1-45(2,60)38-27-53(51-50-38)34-25-37(42(57)48-35(39(54)40(46)55)19-11-12-22-47-44(59)61-28-30-15-7-4-8-16-30)52(26-34)43(58)36(23-29-13-5-3-6-14-29)49-41(56)33-21-20-31-17-9-10-18-32(31)24-33/h4,7-10,15-18,20-21,24,27,29,34-37,60H,3,5-6,11-14,19,22-23,25-26,28H2,1-2H3,(H2,46,55)(H,47,59)(H,48,57)(H,49,56)/t34-,35?,36+,37-/m0/s1. The molecule has 1 saturated carbocycles. The van der Waals surface area contributed by atoms with E-state index in [1.54, 1.807) is 32.2 Å². The lowest BCUT2D eigenvalue weighted by atomic mass is 9.84. The molecule has 0 bridgehead atoms. The topological polar surface area (TPSA) is 228 Å². The molecule has 16 heteroatoms. The zero-order valence-corrected chi connectivity index (χ0v) is 34.8. The number of primary amides is 1. The van der Waals surface area contributed by atoms with E-state index in [1.165, 1.54) is 9.58 Å². The van der Waals surface area contributed by atoms with Gasteiger partial charge in [0.15, 0.2) is 0 Å². The van der Waals surface area contributed by atoms with Gasteiger partial charge in [-0.25, -0.2) is 9.48 Å². The van der Waals surface area contributed by atoms with Crippen LogP contribution < -0.4 is 21.7 Å². The number of hydrogen-bond acceptors (Lipinski definition) is 10. The highest BCUT2D eigenvalue weighted by Gasteiger charge is 2.45. The number of nitrogens with two attached hydrogens (primary N) is 1. The van der Waals surface area contributed by atoms with Gasteiger partial charge in [-0.15, -0.1) is 5.10 Å². The van der Waals surface area contributed by atoms with E-state index >= 15 is 0 Å². The monoisotopic (exact) mass is 836 g/mol. The van der Waals surface area contributed by atoms with Crippen LogP contribution in [-0.4, -0.2) is 91.7 Å². The van der Waals surface area contributed by atoms with Crippen molar-refractivity contribution in [2.75, 3.05) is 13.1 Å². The van der Waals surface area contributed by atoms with Gasteiger partial charge in [-0.3, -0.25) is 24.0 Å². The lowest BCUT2D eigenvalue weighted by molar-refractivity contribution is -0.142. The van der Waals surface area contributed by atoms with Crippen LogP contribution in [0.3, 0.4) is 0 Å². The van der Waals surface area contributed by atoms with Crippen molar-refractivity contribution in [3.8, 4) is 0 Å². The summed E-state index contributed by atoms with van der Waals surface area (Å²) in [4.78, 5) is 82.0. The van der Waals surface area contributed by atoms with E-state index in [2.05, 4.69) is 26.3 Å². The molecule has 6 N–H and O–H groups in total. The minimum atomic E-state index is -1.30. The van der Waals surface area contributed by atoms with Gasteiger partial charge in [0.25, 0.3) is 11.8 Å². The molecule has 6 rings (SSSR count). The number of alkyl carbamates (subject to hydrolysis) is 1. The molecular formula is C45H56N8O8. The van der Waals surface area contributed by atoms with Crippen LogP contribution in [0.2, 0.25) is 0 Å². The fourth-order valence-corrected chi connectivity index (χ4v) is 8.13. The van der Waals surface area contributed by atoms with Crippen LogP contribution in [0.15, 0.2) is 79.0 Å². The molecule has 324 valence electrons. The Morgan fingerprint density at radius 1 is 0.902 bits per heavy atom. The Kier molecular flexibility index (Phi) is 14.8. The fraction of sp³-hybridized carbons (Fsp3) is 0.467. The number of carbonyl (C=O) groups is 6. The molecule has 2 fully saturated rings. The number of rotatable bonds is 18. The van der Waals surface area contributed by atoms with Crippen molar-refractivity contribution in [1.29, 1.82) is 0 Å².